The average Bonchev–Trinajstić information content (AvgIpc) is 3.43. The Kier molecular flexibility index (Phi) is 63.6. The van der Waals surface area contributed by atoms with Crippen molar-refractivity contribution in [2.45, 2.75) is 374 Å². The summed E-state index contributed by atoms with van der Waals surface area (Å²) >= 11 is 0. The predicted octanol–water partition coefficient (Wildman–Crippen LogP) is 23.3. The maximum Gasteiger partial charge on any atom is 0.306 e. The van der Waals surface area contributed by atoms with E-state index in [1.54, 1.807) is 0 Å². The first kappa shape index (κ1) is 74.4. The lowest BCUT2D eigenvalue weighted by atomic mass is 10.0. The van der Waals surface area contributed by atoms with Crippen LogP contribution in [0.3, 0.4) is 0 Å². The van der Waals surface area contributed by atoms with E-state index in [-0.39, 0.29) is 31.1 Å². The largest absolute Gasteiger partial charge is 0.462 e. The number of carbonyl (C=O) groups excluding carboxylic acids is 3. The van der Waals surface area contributed by atoms with Gasteiger partial charge in [0.05, 0.1) is 0 Å². The smallest absolute Gasteiger partial charge is 0.306 e. The topological polar surface area (TPSA) is 78.9 Å². The van der Waals surface area contributed by atoms with Crippen molar-refractivity contribution < 1.29 is 28.6 Å². The van der Waals surface area contributed by atoms with E-state index in [0.717, 1.165) is 96.3 Å². The highest BCUT2D eigenvalue weighted by Gasteiger charge is 2.19. The first-order valence-electron chi connectivity index (χ1n) is 34.1. The number of hydrogen-bond acceptors (Lipinski definition) is 6. The van der Waals surface area contributed by atoms with Crippen LogP contribution in [0.2, 0.25) is 0 Å². The summed E-state index contributed by atoms with van der Waals surface area (Å²) in [5.41, 5.74) is 0. The van der Waals surface area contributed by atoms with E-state index in [0.29, 0.717) is 19.3 Å². The highest BCUT2D eigenvalue weighted by atomic mass is 16.6. The van der Waals surface area contributed by atoms with Gasteiger partial charge in [-0.2, -0.15) is 0 Å². The van der Waals surface area contributed by atoms with Gasteiger partial charge < -0.3 is 14.2 Å². The first-order chi connectivity index (χ1) is 38.0. The zero-order chi connectivity index (χ0) is 55.7. The lowest BCUT2D eigenvalue weighted by Gasteiger charge is -2.18. The minimum Gasteiger partial charge on any atom is -0.462 e. The van der Waals surface area contributed by atoms with Gasteiger partial charge in [-0.15, -0.1) is 0 Å². The summed E-state index contributed by atoms with van der Waals surface area (Å²) in [5, 5.41) is 0. The van der Waals surface area contributed by atoms with Gasteiger partial charge in [-0.1, -0.05) is 339 Å². The molecule has 1 atom stereocenters. The minimum absolute atomic E-state index is 0.0783. The lowest BCUT2D eigenvalue weighted by molar-refractivity contribution is -0.167. The molecule has 0 aliphatic carbocycles. The number of hydrogen-bond donors (Lipinski definition) is 0. The van der Waals surface area contributed by atoms with Crippen molar-refractivity contribution in [3.63, 3.8) is 0 Å². The summed E-state index contributed by atoms with van der Waals surface area (Å²) in [4.78, 5) is 38.3. The summed E-state index contributed by atoms with van der Waals surface area (Å²) in [6.45, 7) is 6.57. The van der Waals surface area contributed by atoms with E-state index in [4.69, 9.17) is 14.2 Å². The van der Waals surface area contributed by atoms with Crippen molar-refractivity contribution in [2.24, 2.45) is 0 Å². The Morgan fingerprint density at radius 2 is 0.506 bits per heavy atom. The molecule has 0 amide bonds. The molecule has 0 aliphatic heterocycles. The van der Waals surface area contributed by atoms with Crippen LogP contribution in [0, 0.1) is 0 Å². The SMILES string of the molecule is CC/C=C\C/C=C\C/C=C\C/C=C\CCCCCCC(=O)OC(COC(=O)CCCCCCCCCCCCCCCC)COC(=O)CCCCCCCCCCCCCCCCCCCCCCCCCCCCCC. The number of rotatable bonds is 63. The quantitative estimate of drug-likeness (QED) is 0.0261. The van der Waals surface area contributed by atoms with Crippen molar-refractivity contribution in [1.29, 1.82) is 0 Å². The molecule has 0 aliphatic rings. The molecule has 77 heavy (non-hydrogen) atoms. The number of allylic oxidation sites excluding steroid dienone is 8. The second-order valence-electron chi connectivity index (χ2n) is 23.1. The molecule has 6 nitrogen and oxygen atoms in total. The predicted molar refractivity (Wildman–Crippen MR) is 335 cm³/mol. The summed E-state index contributed by atoms with van der Waals surface area (Å²) in [7, 11) is 0. The second kappa shape index (κ2) is 65.9. The van der Waals surface area contributed by atoms with Gasteiger partial charge in [-0.25, -0.2) is 0 Å². The highest BCUT2D eigenvalue weighted by Crippen LogP contribution is 2.18. The molecule has 0 aromatic heterocycles. The van der Waals surface area contributed by atoms with Gasteiger partial charge >= 0.3 is 17.9 Å². The van der Waals surface area contributed by atoms with Crippen LogP contribution in [0.5, 0.6) is 0 Å². The number of ether oxygens (including phenoxy) is 3. The number of esters is 3. The maximum absolute atomic E-state index is 12.9. The molecule has 0 aromatic carbocycles. The standard InChI is InChI=1S/C71H130O6/c1-4-7-10-13-16-19-22-25-28-30-31-32-33-34-35-36-37-38-39-40-42-43-46-49-52-55-58-61-64-70(73)76-67-68(66-75-69(72)63-60-57-54-51-48-45-27-24-21-18-15-12-9-6-3)77-71(74)65-62-59-56-53-50-47-44-41-29-26-23-20-17-14-11-8-5-2/h8,11,17,20,26,29,44,47,68H,4-7,9-10,12-16,18-19,21-25,27-28,30-43,45-46,48-67H2,1-3H3/b11-8-,20-17-,29-26-,47-44-. The monoisotopic (exact) mass is 1080 g/mol. The first-order valence-corrected chi connectivity index (χ1v) is 34.1. The normalized spacial score (nSPS) is 12.3. The third-order valence-electron chi connectivity index (χ3n) is 15.3. The van der Waals surface area contributed by atoms with Gasteiger partial charge in [0.2, 0.25) is 0 Å². The summed E-state index contributed by atoms with van der Waals surface area (Å²) in [6, 6.07) is 0. The van der Waals surface area contributed by atoms with Gasteiger partial charge in [0.15, 0.2) is 6.10 Å². The van der Waals surface area contributed by atoms with Crippen LogP contribution in [0.15, 0.2) is 48.6 Å². The second-order valence-corrected chi connectivity index (χ2v) is 23.1. The van der Waals surface area contributed by atoms with Gasteiger partial charge in [0.25, 0.3) is 0 Å². The molecule has 0 radical (unpaired) electrons. The molecule has 0 spiro atoms. The molecule has 450 valence electrons. The van der Waals surface area contributed by atoms with Gasteiger partial charge in [-0.3, -0.25) is 14.4 Å². The van der Waals surface area contributed by atoms with Gasteiger partial charge in [0, 0.05) is 19.3 Å². The third kappa shape index (κ3) is 64.1. The Morgan fingerprint density at radius 1 is 0.273 bits per heavy atom. The van der Waals surface area contributed by atoms with E-state index >= 15 is 0 Å². The van der Waals surface area contributed by atoms with E-state index in [9.17, 15) is 14.4 Å². The van der Waals surface area contributed by atoms with Crippen LogP contribution in [0.1, 0.15) is 367 Å². The fraction of sp³-hybridized carbons (Fsp3) is 0.845. The zero-order valence-electron chi connectivity index (χ0n) is 51.7. The summed E-state index contributed by atoms with van der Waals surface area (Å²) in [6.07, 6.45) is 82.9. The van der Waals surface area contributed by atoms with Crippen molar-refractivity contribution in [3.05, 3.63) is 48.6 Å². The zero-order valence-corrected chi connectivity index (χ0v) is 51.7. The molecule has 6 heteroatoms. The number of carbonyl (C=O) groups is 3. The molecular formula is C71H130O6. The summed E-state index contributed by atoms with van der Waals surface area (Å²) < 4.78 is 16.9. The Labute approximate surface area is 479 Å². The molecule has 0 bridgehead atoms. The fourth-order valence-corrected chi connectivity index (χ4v) is 10.3. The Bertz CT molecular complexity index is 1330. The molecular weight excluding hydrogens is 949 g/mol. The van der Waals surface area contributed by atoms with E-state index < -0.39 is 6.10 Å². The maximum atomic E-state index is 12.9. The van der Waals surface area contributed by atoms with Crippen LogP contribution in [-0.4, -0.2) is 37.2 Å². The van der Waals surface area contributed by atoms with E-state index in [1.807, 2.05) is 0 Å². The van der Waals surface area contributed by atoms with E-state index in [1.165, 1.54) is 231 Å². The van der Waals surface area contributed by atoms with Crippen LogP contribution >= 0.6 is 0 Å². The molecule has 1 unspecified atom stereocenters. The van der Waals surface area contributed by atoms with Gasteiger partial charge in [-0.05, 0) is 57.8 Å². The van der Waals surface area contributed by atoms with Crippen molar-refractivity contribution >= 4 is 17.9 Å². The van der Waals surface area contributed by atoms with E-state index in [2.05, 4.69) is 69.4 Å². The molecule has 0 saturated carbocycles. The highest BCUT2D eigenvalue weighted by molar-refractivity contribution is 5.71. The Morgan fingerprint density at radius 3 is 0.792 bits per heavy atom. The van der Waals surface area contributed by atoms with Crippen molar-refractivity contribution in [2.75, 3.05) is 13.2 Å². The minimum atomic E-state index is -0.784. The van der Waals surface area contributed by atoms with Crippen molar-refractivity contribution in [1.82, 2.24) is 0 Å². The molecule has 0 saturated heterocycles. The number of unbranched alkanes of at least 4 members (excludes halogenated alkanes) is 44. The van der Waals surface area contributed by atoms with Gasteiger partial charge in [0.1, 0.15) is 13.2 Å². The summed E-state index contributed by atoms with van der Waals surface area (Å²) in [5.74, 6) is -0.878. The third-order valence-corrected chi connectivity index (χ3v) is 15.3. The molecule has 0 rings (SSSR count). The molecule has 0 aromatic rings. The Balaban J connectivity index is 4.22. The van der Waals surface area contributed by atoms with Crippen LogP contribution in [0.4, 0.5) is 0 Å². The lowest BCUT2D eigenvalue weighted by Crippen LogP contribution is -2.30. The van der Waals surface area contributed by atoms with Crippen LogP contribution in [0.25, 0.3) is 0 Å². The molecule has 0 heterocycles. The molecule has 0 fully saturated rings. The average molecular weight is 1080 g/mol. The van der Waals surface area contributed by atoms with Crippen molar-refractivity contribution in [3.8, 4) is 0 Å². The Hall–Kier alpha value is -2.63. The fourth-order valence-electron chi connectivity index (χ4n) is 10.3. The molecule has 0 N–H and O–H groups in total. The van der Waals surface area contributed by atoms with Crippen LogP contribution in [-0.2, 0) is 28.6 Å². The van der Waals surface area contributed by atoms with Crippen LogP contribution < -0.4 is 0 Å².